The lowest BCUT2D eigenvalue weighted by Gasteiger charge is -2.25. The monoisotopic (exact) mass is 1040 g/mol. The van der Waals surface area contributed by atoms with Gasteiger partial charge in [-0.1, -0.05) is 59.7 Å². The van der Waals surface area contributed by atoms with Gasteiger partial charge in [0.05, 0.1) is 21.3 Å². The Bertz CT molecular complexity index is 2860. The van der Waals surface area contributed by atoms with Crippen LogP contribution >= 0.6 is 0 Å². The molecule has 3 heterocycles. The van der Waals surface area contributed by atoms with Crippen LogP contribution in [0.25, 0.3) is 32.7 Å². The first-order chi connectivity index (χ1) is 35.0. The van der Waals surface area contributed by atoms with Gasteiger partial charge in [0.15, 0.2) is 0 Å². The van der Waals surface area contributed by atoms with E-state index in [1.165, 1.54) is 0 Å². The third-order valence-electron chi connectivity index (χ3n) is 10.7. The van der Waals surface area contributed by atoms with Gasteiger partial charge in [-0.3, -0.25) is 14.4 Å². The maximum absolute atomic E-state index is 12.7. The summed E-state index contributed by atoms with van der Waals surface area (Å²) in [4.78, 5) is 79.5. The molecule has 0 fully saturated rings. The average molecular weight is 1040 g/mol. The number of rotatable bonds is 17. The van der Waals surface area contributed by atoms with Crippen molar-refractivity contribution in [1.82, 2.24) is 25.6 Å². The summed E-state index contributed by atoms with van der Waals surface area (Å²) in [7, 11) is 4.70. The highest BCUT2D eigenvalue weighted by Gasteiger charge is 2.29. The van der Waals surface area contributed by atoms with Gasteiger partial charge in [0, 0.05) is 32.7 Å². The molecule has 0 saturated carbocycles. The van der Waals surface area contributed by atoms with Crippen LogP contribution in [0.3, 0.4) is 0 Å². The molecule has 9 N–H and O–H groups in total. The second kappa shape index (κ2) is 27.7. The number of carbonyl (C=O) groups is 6. The molecule has 75 heavy (non-hydrogen) atoms. The number of carboxylic acid groups (broad SMARTS) is 2. The van der Waals surface area contributed by atoms with Crippen LogP contribution < -0.4 is 30.6 Å². The minimum Gasteiger partial charge on any atom is -0.496 e. The summed E-state index contributed by atoms with van der Waals surface area (Å²) in [6, 6.07) is 19.3. The number of carboxylic acids is 2. The molecule has 0 saturated heterocycles. The maximum Gasteiger partial charge on any atom is 0.352 e. The highest BCUT2D eigenvalue weighted by atomic mass is 16.6. The van der Waals surface area contributed by atoms with Gasteiger partial charge in [-0.25, -0.2) is 14.4 Å². The number of esters is 2. The normalized spacial score (nSPS) is 12.5. The minimum atomic E-state index is -1.03. The average Bonchev–Trinajstić information content (AvgIpc) is 4.08. The topological polar surface area (TPSA) is 286 Å². The molecule has 2 amide bonds. The van der Waals surface area contributed by atoms with Crippen molar-refractivity contribution in [1.29, 1.82) is 0 Å². The first-order valence-electron chi connectivity index (χ1n) is 24.7. The van der Waals surface area contributed by atoms with Crippen molar-refractivity contribution in [2.75, 3.05) is 21.3 Å². The van der Waals surface area contributed by atoms with E-state index in [2.05, 4.69) is 25.6 Å². The molecule has 6 aromatic rings. The highest BCUT2D eigenvalue weighted by molar-refractivity contribution is 6.02. The van der Waals surface area contributed by atoms with E-state index in [-0.39, 0.29) is 29.4 Å². The van der Waals surface area contributed by atoms with Crippen LogP contribution in [0.2, 0.25) is 0 Å². The molecule has 0 bridgehead atoms. The van der Waals surface area contributed by atoms with Gasteiger partial charge in [-0.15, -0.1) is 0 Å². The fourth-order valence-corrected chi connectivity index (χ4v) is 7.48. The second-order valence-electron chi connectivity index (χ2n) is 21.1. The summed E-state index contributed by atoms with van der Waals surface area (Å²) in [5.41, 5.74) is 7.80. The smallest absolute Gasteiger partial charge is 0.352 e. The number of hydrogen-bond donors (Lipinski definition) is 8. The van der Waals surface area contributed by atoms with E-state index in [0.717, 1.165) is 32.7 Å². The van der Waals surface area contributed by atoms with Gasteiger partial charge >= 0.3 is 23.9 Å². The third kappa shape index (κ3) is 19.7. The molecular weight excluding hydrogens is 965 g/mol. The molecule has 0 aliphatic rings. The molecule has 0 unspecified atom stereocenters. The lowest BCUT2D eigenvalue weighted by molar-refractivity contribution is -0.158. The molecule has 19 nitrogen and oxygen atoms in total. The number of H-pyrrole nitrogens is 3. The van der Waals surface area contributed by atoms with Gasteiger partial charge in [0.1, 0.15) is 63.7 Å². The molecule has 19 heteroatoms. The predicted octanol–water partition coefficient (Wildman–Crippen LogP) is 9.64. The Kier molecular flexibility index (Phi) is 22.8. The molecule has 0 spiro atoms. The third-order valence-corrected chi connectivity index (χ3v) is 10.7. The van der Waals surface area contributed by atoms with E-state index < -0.39 is 53.1 Å². The Morgan fingerprint density at radius 1 is 0.520 bits per heavy atom. The Morgan fingerprint density at radius 3 is 1.19 bits per heavy atom. The zero-order chi connectivity index (χ0) is 56.5. The van der Waals surface area contributed by atoms with E-state index in [1.807, 2.05) is 126 Å². The first-order valence-corrected chi connectivity index (χ1v) is 24.7. The number of nitrogens with two attached hydrogens (primary N) is 1. The Morgan fingerprint density at radius 2 is 0.853 bits per heavy atom. The van der Waals surface area contributed by atoms with Crippen molar-refractivity contribution in [2.45, 2.75) is 132 Å². The number of amides is 2. The first kappa shape index (κ1) is 61.8. The predicted molar refractivity (Wildman–Crippen MR) is 290 cm³/mol. The second-order valence-corrected chi connectivity index (χ2v) is 21.1. The number of aromatic carboxylic acids is 1. The molecule has 0 aliphatic carbocycles. The summed E-state index contributed by atoms with van der Waals surface area (Å²) >= 11 is 0. The van der Waals surface area contributed by atoms with Crippen molar-refractivity contribution in [3.8, 4) is 17.2 Å². The maximum atomic E-state index is 12.7. The number of aromatic nitrogens is 3. The van der Waals surface area contributed by atoms with E-state index in [0.29, 0.717) is 53.8 Å². The van der Waals surface area contributed by atoms with Gasteiger partial charge in [0.25, 0.3) is 11.8 Å². The summed E-state index contributed by atoms with van der Waals surface area (Å²) in [5, 5.41) is 25.7. The van der Waals surface area contributed by atoms with Gasteiger partial charge < -0.3 is 65.2 Å². The fourth-order valence-electron chi connectivity index (χ4n) is 7.48. The molecule has 6 rings (SSSR count). The lowest BCUT2D eigenvalue weighted by atomic mass is 10.0. The number of nitrogens with one attached hydrogen (secondary N) is 5. The minimum absolute atomic E-state index is 0.171. The molecule has 0 radical (unpaired) electrons. The number of methoxy groups -OCH3 is 3. The number of ether oxygens (including phenoxy) is 5. The van der Waals surface area contributed by atoms with Crippen molar-refractivity contribution in [3.63, 3.8) is 0 Å². The van der Waals surface area contributed by atoms with Crippen LogP contribution in [0.4, 0.5) is 0 Å². The highest BCUT2D eigenvalue weighted by Crippen LogP contribution is 2.28. The van der Waals surface area contributed by atoms with Crippen LogP contribution in [0, 0.1) is 17.8 Å². The molecule has 410 valence electrons. The van der Waals surface area contributed by atoms with Gasteiger partial charge in [-0.05, 0) is 133 Å². The van der Waals surface area contributed by atoms with E-state index in [1.54, 1.807) is 51.7 Å². The standard InChI is InChI=1S/C20H28N2O4.C16H20N2O4.C10H9NO3.C10H21NO2/c1-12(2)10-16(19(24)26-20(3,4)5)22-18(23)15-11-13-14(21-15)8-7-9-17(13)25-6;1-9(2)7-13(16(20)21)18-15(19)12-8-10-11(17-12)5-4-6-14(10)22-3;1-14-9-4-2-3-7-6(9)5-8(11-7)10(12)13;1-7(2)6-8(11)9(12)13-10(3,4)5/h7-9,11-12,16,21H,10H2,1-6H3,(H,22,23);4-6,8-9,13,17H,7H2,1-3H3,(H,18,19)(H,20,21);2-5,11H,1H3,(H,12,13);7-8H,6,11H2,1-5H3/t16-;13-;;8-/m00.0/s1. The van der Waals surface area contributed by atoms with E-state index >= 15 is 0 Å². The molecular formula is C56H78N6O13. The van der Waals surface area contributed by atoms with E-state index in [4.69, 9.17) is 34.5 Å². The van der Waals surface area contributed by atoms with Gasteiger partial charge in [0.2, 0.25) is 0 Å². The molecule has 3 atom stereocenters. The van der Waals surface area contributed by atoms with Crippen molar-refractivity contribution in [3.05, 3.63) is 89.9 Å². The number of aliphatic carboxylic acids is 1. The van der Waals surface area contributed by atoms with Crippen LogP contribution in [0.15, 0.2) is 72.8 Å². The molecule has 0 aliphatic heterocycles. The van der Waals surface area contributed by atoms with Crippen molar-refractivity contribution >= 4 is 68.4 Å². The number of benzene rings is 3. The number of carbonyl (C=O) groups excluding carboxylic acids is 4. The SMILES string of the molecule is CC(C)C[C@H](N)C(=O)OC(C)(C)C.COc1cccc2[nH]c(C(=O)N[C@@H](CC(C)C)C(=O)O)cc12.COc1cccc2[nH]c(C(=O)N[C@@H](CC(C)C)C(=O)OC(C)(C)C)cc12.COc1cccc2[nH]c(C(=O)O)cc12. The Labute approximate surface area is 438 Å². The fraction of sp³-hybridized carbons (Fsp3) is 0.464. The van der Waals surface area contributed by atoms with Gasteiger partial charge in [-0.2, -0.15) is 0 Å². The summed E-state index contributed by atoms with van der Waals surface area (Å²) in [5.74, 6) is -0.679. The Hall–Kier alpha value is -7.54. The Balaban J connectivity index is 0.000000274. The largest absolute Gasteiger partial charge is 0.496 e. The summed E-state index contributed by atoms with van der Waals surface area (Å²) in [6.45, 7) is 22.8. The van der Waals surface area contributed by atoms with E-state index in [9.17, 15) is 33.9 Å². The number of aromatic amines is 3. The molecule has 3 aromatic carbocycles. The lowest BCUT2D eigenvalue weighted by Crippen LogP contribution is -2.45. The van der Waals surface area contributed by atoms with Crippen molar-refractivity contribution in [2.24, 2.45) is 23.5 Å². The summed E-state index contributed by atoms with van der Waals surface area (Å²) in [6.07, 6.45) is 1.56. The number of hydrogen-bond acceptors (Lipinski definition) is 12. The van der Waals surface area contributed by atoms with Crippen LogP contribution in [-0.2, 0) is 23.9 Å². The van der Waals surface area contributed by atoms with Crippen LogP contribution in [0.5, 0.6) is 17.2 Å². The number of fused-ring (bicyclic) bond motifs is 3. The zero-order valence-corrected chi connectivity index (χ0v) is 46.0. The summed E-state index contributed by atoms with van der Waals surface area (Å²) < 4.78 is 26.3. The quantitative estimate of drug-likeness (QED) is 0.0395. The zero-order valence-electron chi connectivity index (χ0n) is 46.0. The molecule has 3 aromatic heterocycles. The van der Waals surface area contributed by atoms with Crippen LogP contribution in [0.1, 0.15) is 134 Å². The van der Waals surface area contributed by atoms with Crippen LogP contribution in [-0.4, -0.2) is 112 Å². The van der Waals surface area contributed by atoms with Crippen molar-refractivity contribution < 1.29 is 62.7 Å².